The fourth-order valence-electron chi connectivity index (χ4n) is 2.31. The predicted molar refractivity (Wildman–Crippen MR) is 79.4 cm³/mol. The van der Waals surface area contributed by atoms with Gasteiger partial charge in [0.1, 0.15) is 11.6 Å². The van der Waals surface area contributed by atoms with E-state index in [9.17, 15) is 4.39 Å². The quantitative estimate of drug-likeness (QED) is 0.882. The Bertz CT molecular complexity index is 568. The van der Waals surface area contributed by atoms with Gasteiger partial charge in [0, 0.05) is 36.4 Å². The molecule has 20 heavy (non-hydrogen) atoms. The first-order valence-electron chi connectivity index (χ1n) is 6.78. The zero-order valence-electron chi connectivity index (χ0n) is 11.7. The second kappa shape index (κ2) is 6.86. The number of likely N-dealkylation sites (N-methyl/N-ethyl adjacent to an activating group) is 1. The average Bonchev–Trinajstić information content (AvgIpc) is 2.84. The largest absolute Gasteiger partial charge is 0.335 e. The lowest BCUT2D eigenvalue weighted by Gasteiger charge is -2.18. The van der Waals surface area contributed by atoms with Crippen molar-refractivity contribution >= 4 is 11.6 Å². The first-order chi connectivity index (χ1) is 9.65. The molecule has 3 nitrogen and oxygen atoms in total. The summed E-state index contributed by atoms with van der Waals surface area (Å²) in [7, 11) is 1.87. The van der Waals surface area contributed by atoms with Gasteiger partial charge in [0.25, 0.3) is 0 Å². The van der Waals surface area contributed by atoms with Gasteiger partial charge in [-0.15, -0.1) is 0 Å². The number of halogens is 2. The molecule has 1 heterocycles. The summed E-state index contributed by atoms with van der Waals surface area (Å²) in [5.74, 6) is 0.688. The maximum absolute atomic E-state index is 13.1. The predicted octanol–water partition coefficient (Wildman–Crippen LogP) is 3.59. The molecule has 0 saturated carbocycles. The number of benzene rings is 1. The normalized spacial score (nSPS) is 12.6. The van der Waals surface area contributed by atoms with Gasteiger partial charge >= 0.3 is 0 Å². The second-order valence-electron chi connectivity index (χ2n) is 4.75. The van der Waals surface area contributed by atoms with Crippen LogP contribution >= 0.6 is 11.6 Å². The summed E-state index contributed by atoms with van der Waals surface area (Å²) >= 11 is 6.14. The van der Waals surface area contributed by atoms with Crippen molar-refractivity contribution in [2.24, 2.45) is 0 Å². The van der Waals surface area contributed by atoms with Crippen molar-refractivity contribution < 1.29 is 4.39 Å². The minimum atomic E-state index is -0.318. The highest BCUT2D eigenvalue weighted by molar-refractivity contribution is 6.31. The Morgan fingerprint density at radius 2 is 2.25 bits per heavy atom. The van der Waals surface area contributed by atoms with E-state index in [4.69, 9.17) is 11.6 Å². The smallest absolute Gasteiger partial charge is 0.124 e. The van der Waals surface area contributed by atoms with Crippen molar-refractivity contribution in [1.82, 2.24) is 14.9 Å². The number of hydrogen-bond donors (Lipinski definition) is 1. The fraction of sp³-hybridized carbons (Fsp3) is 0.400. The van der Waals surface area contributed by atoms with Gasteiger partial charge in [-0.1, -0.05) is 24.6 Å². The molecule has 1 aromatic carbocycles. The third-order valence-corrected chi connectivity index (χ3v) is 3.67. The summed E-state index contributed by atoms with van der Waals surface area (Å²) in [6, 6.07) is 4.52. The number of hydrogen-bond acceptors (Lipinski definition) is 2. The minimum Gasteiger partial charge on any atom is -0.335 e. The summed E-state index contributed by atoms with van der Waals surface area (Å²) in [5.41, 5.74) is 0.890. The summed E-state index contributed by atoms with van der Waals surface area (Å²) in [4.78, 5) is 4.40. The maximum Gasteiger partial charge on any atom is 0.124 e. The topological polar surface area (TPSA) is 29.9 Å². The van der Waals surface area contributed by atoms with Crippen molar-refractivity contribution in [2.75, 3.05) is 7.05 Å². The lowest BCUT2D eigenvalue weighted by Crippen LogP contribution is -2.21. The van der Waals surface area contributed by atoms with E-state index in [0.29, 0.717) is 5.02 Å². The highest BCUT2D eigenvalue weighted by Crippen LogP contribution is 2.26. The van der Waals surface area contributed by atoms with Gasteiger partial charge in [0.15, 0.2) is 0 Å². The molecule has 2 aromatic rings. The SMILES string of the molecule is CCCn1ccnc1CC(NC)c1ccc(F)cc1Cl. The van der Waals surface area contributed by atoms with Gasteiger partial charge in [-0.2, -0.15) is 0 Å². The minimum absolute atomic E-state index is 0.0149. The Kier molecular flexibility index (Phi) is 5.15. The highest BCUT2D eigenvalue weighted by Gasteiger charge is 2.16. The molecule has 108 valence electrons. The third kappa shape index (κ3) is 3.38. The van der Waals surface area contributed by atoms with Crippen LogP contribution in [0.4, 0.5) is 4.39 Å². The highest BCUT2D eigenvalue weighted by atomic mass is 35.5. The Labute approximate surface area is 123 Å². The number of rotatable bonds is 6. The third-order valence-electron chi connectivity index (χ3n) is 3.34. The Morgan fingerprint density at radius 1 is 1.45 bits per heavy atom. The number of imidazole rings is 1. The molecule has 0 amide bonds. The van der Waals surface area contributed by atoms with Crippen LogP contribution < -0.4 is 5.32 Å². The van der Waals surface area contributed by atoms with Gasteiger partial charge in [0.05, 0.1) is 0 Å². The summed E-state index contributed by atoms with van der Waals surface area (Å²) in [5, 5.41) is 3.67. The second-order valence-corrected chi connectivity index (χ2v) is 5.16. The van der Waals surface area contributed by atoms with Crippen molar-refractivity contribution in [3.8, 4) is 0 Å². The van der Waals surface area contributed by atoms with Crippen LogP contribution in [0.2, 0.25) is 5.02 Å². The van der Waals surface area contributed by atoms with Gasteiger partial charge in [-0.05, 0) is 31.2 Å². The monoisotopic (exact) mass is 295 g/mol. The number of aromatic nitrogens is 2. The van der Waals surface area contributed by atoms with Crippen molar-refractivity contribution in [3.63, 3.8) is 0 Å². The molecule has 0 radical (unpaired) electrons. The maximum atomic E-state index is 13.1. The van der Waals surface area contributed by atoms with E-state index in [-0.39, 0.29) is 11.9 Å². The van der Waals surface area contributed by atoms with E-state index in [1.54, 1.807) is 6.07 Å². The zero-order valence-corrected chi connectivity index (χ0v) is 12.5. The van der Waals surface area contributed by atoms with Crippen LogP contribution in [0.1, 0.15) is 30.8 Å². The molecule has 1 N–H and O–H groups in total. The molecule has 0 spiro atoms. The molecule has 1 atom stereocenters. The van der Waals surface area contributed by atoms with Crippen LogP contribution in [0.3, 0.4) is 0 Å². The van der Waals surface area contributed by atoms with Crippen LogP contribution in [0.25, 0.3) is 0 Å². The molecule has 0 aliphatic carbocycles. The van der Waals surface area contributed by atoms with Crippen molar-refractivity contribution in [2.45, 2.75) is 32.4 Å². The molecule has 0 bridgehead atoms. The molecule has 1 aromatic heterocycles. The molecular formula is C15H19ClFN3. The Morgan fingerprint density at radius 3 is 2.90 bits per heavy atom. The van der Waals surface area contributed by atoms with E-state index in [0.717, 1.165) is 30.8 Å². The van der Waals surface area contributed by atoms with Crippen LogP contribution in [0.5, 0.6) is 0 Å². The number of aryl methyl sites for hydroxylation is 1. The molecule has 0 aliphatic heterocycles. The van der Waals surface area contributed by atoms with E-state index in [1.807, 2.05) is 19.4 Å². The van der Waals surface area contributed by atoms with Crippen LogP contribution in [-0.2, 0) is 13.0 Å². The first-order valence-corrected chi connectivity index (χ1v) is 7.15. The van der Waals surface area contributed by atoms with Crippen molar-refractivity contribution in [3.05, 3.63) is 52.8 Å². The summed E-state index contributed by atoms with van der Waals surface area (Å²) in [6.45, 7) is 3.08. The zero-order chi connectivity index (χ0) is 14.5. The standard InChI is InChI=1S/C15H19ClFN3/c1-3-7-20-8-6-19-15(20)10-14(18-2)12-5-4-11(17)9-13(12)16/h4-6,8-9,14,18H,3,7,10H2,1-2H3. The molecule has 0 saturated heterocycles. The lowest BCUT2D eigenvalue weighted by molar-refractivity contribution is 0.541. The van der Waals surface area contributed by atoms with Gasteiger partial charge < -0.3 is 9.88 Å². The Hall–Kier alpha value is -1.39. The Balaban J connectivity index is 2.22. The summed E-state index contributed by atoms with van der Waals surface area (Å²) in [6.07, 6.45) is 5.57. The van der Waals surface area contributed by atoms with Crippen LogP contribution in [-0.4, -0.2) is 16.6 Å². The first kappa shape index (κ1) is 15.0. The van der Waals surface area contributed by atoms with Gasteiger partial charge in [0.2, 0.25) is 0 Å². The van der Waals surface area contributed by atoms with Crippen LogP contribution in [0.15, 0.2) is 30.6 Å². The van der Waals surface area contributed by atoms with E-state index >= 15 is 0 Å². The molecular weight excluding hydrogens is 277 g/mol. The number of nitrogens with zero attached hydrogens (tertiary/aromatic N) is 2. The lowest BCUT2D eigenvalue weighted by atomic mass is 10.0. The van der Waals surface area contributed by atoms with Gasteiger partial charge in [-0.25, -0.2) is 9.37 Å². The summed E-state index contributed by atoms with van der Waals surface area (Å²) < 4.78 is 15.3. The molecule has 0 fully saturated rings. The van der Waals surface area contributed by atoms with E-state index in [2.05, 4.69) is 21.8 Å². The molecule has 0 aliphatic rings. The average molecular weight is 296 g/mol. The van der Waals surface area contributed by atoms with Crippen molar-refractivity contribution in [1.29, 1.82) is 0 Å². The molecule has 1 unspecified atom stereocenters. The molecule has 2 rings (SSSR count). The number of nitrogens with one attached hydrogen (secondary N) is 1. The fourth-order valence-corrected chi connectivity index (χ4v) is 2.61. The van der Waals surface area contributed by atoms with E-state index < -0.39 is 0 Å². The van der Waals surface area contributed by atoms with Crippen LogP contribution in [0, 0.1) is 5.82 Å². The van der Waals surface area contributed by atoms with E-state index in [1.165, 1.54) is 12.1 Å². The molecule has 5 heteroatoms. The van der Waals surface area contributed by atoms with Gasteiger partial charge in [-0.3, -0.25) is 0 Å².